The molecule has 3 amide bonds. The van der Waals surface area contributed by atoms with Crippen LogP contribution in [0.15, 0.2) is 41.2 Å². The molecule has 13 heteroatoms. The van der Waals surface area contributed by atoms with Crippen molar-refractivity contribution in [2.75, 3.05) is 68.9 Å². The summed E-state index contributed by atoms with van der Waals surface area (Å²) in [6.07, 6.45) is 4.30. The number of benzene rings is 2. The van der Waals surface area contributed by atoms with Crippen LogP contribution in [-0.2, 0) is 15.3 Å². The van der Waals surface area contributed by atoms with Crippen molar-refractivity contribution in [3.63, 3.8) is 0 Å². The molecule has 11 nitrogen and oxygen atoms in total. The minimum Gasteiger partial charge on any atom is -0.493 e. The number of nitrogens with one attached hydrogen (secondary N) is 2. The molecule has 4 aliphatic heterocycles. The summed E-state index contributed by atoms with van der Waals surface area (Å²) in [6.45, 7) is 7.40. The minimum absolute atomic E-state index is 0.0279. The van der Waals surface area contributed by atoms with Crippen LogP contribution in [0, 0.1) is 17.7 Å². The molecule has 0 atom stereocenters. The lowest BCUT2D eigenvalue weighted by molar-refractivity contribution is -0.120. The van der Waals surface area contributed by atoms with Gasteiger partial charge in [-0.05, 0) is 62.9 Å². The Morgan fingerprint density at radius 2 is 1.77 bits per heavy atom. The van der Waals surface area contributed by atoms with Crippen LogP contribution in [-0.4, -0.2) is 91.1 Å². The number of ether oxygens (including phenoxy) is 2. The lowest BCUT2D eigenvalue weighted by Gasteiger charge is -2.44. The number of thioether (sulfide) groups is 1. The zero-order valence-electron chi connectivity index (χ0n) is 26.4. The van der Waals surface area contributed by atoms with Crippen molar-refractivity contribution >= 4 is 46.0 Å². The van der Waals surface area contributed by atoms with Gasteiger partial charge in [-0.2, -0.15) is 11.8 Å². The summed E-state index contributed by atoms with van der Waals surface area (Å²) in [7, 11) is 0. The molecule has 4 aliphatic rings. The number of piperidine rings is 1. The summed E-state index contributed by atoms with van der Waals surface area (Å²) in [5.74, 6) is 1.65. The molecule has 47 heavy (non-hydrogen) atoms. The van der Waals surface area contributed by atoms with Crippen molar-refractivity contribution in [3.8, 4) is 5.75 Å². The molecular weight excluding hydrogens is 623 g/mol. The predicted molar refractivity (Wildman–Crippen MR) is 180 cm³/mol. The highest BCUT2D eigenvalue weighted by molar-refractivity contribution is 7.99. The number of amides is 3. The number of anilines is 2. The number of carbonyl (C=O) groups excluding carboxylic acids is 2. The van der Waals surface area contributed by atoms with E-state index >= 15 is 0 Å². The van der Waals surface area contributed by atoms with Gasteiger partial charge in [0.05, 0.1) is 17.9 Å². The maximum atomic E-state index is 15.0. The molecule has 2 N–H and O–H groups in total. The molecule has 250 valence electrons. The maximum Gasteiger partial charge on any atom is 0.328 e. The van der Waals surface area contributed by atoms with Gasteiger partial charge in [-0.1, -0.05) is 6.07 Å². The van der Waals surface area contributed by atoms with E-state index < -0.39 is 11.4 Å². The second kappa shape index (κ2) is 14.2. The number of aromatic amines is 1. The number of aromatic nitrogens is 2. The third-order valence-electron chi connectivity index (χ3n) is 9.63. The van der Waals surface area contributed by atoms with E-state index in [2.05, 4.69) is 31.2 Å². The van der Waals surface area contributed by atoms with Crippen LogP contribution in [0.3, 0.4) is 0 Å². The molecule has 0 unspecified atom stereocenters. The van der Waals surface area contributed by atoms with Crippen molar-refractivity contribution in [2.45, 2.75) is 43.1 Å². The van der Waals surface area contributed by atoms with Crippen LogP contribution in [0.4, 0.5) is 20.6 Å². The monoisotopic (exact) mass is 664 g/mol. The van der Waals surface area contributed by atoms with Crippen molar-refractivity contribution < 1.29 is 23.5 Å². The summed E-state index contributed by atoms with van der Waals surface area (Å²) in [4.78, 5) is 50.2. The normalized spacial score (nSPS) is 20.4. The highest BCUT2D eigenvalue weighted by Crippen LogP contribution is 2.31. The van der Waals surface area contributed by atoms with Gasteiger partial charge < -0.3 is 24.3 Å². The molecule has 0 radical (unpaired) electrons. The van der Waals surface area contributed by atoms with Crippen molar-refractivity contribution in [1.82, 2.24) is 20.2 Å². The Morgan fingerprint density at radius 3 is 2.55 bits per heavy atom. The molecule has 0 spiro atoms. The first-order chi connectivity index (χ1) is 22.9. The fraction of sp³-hybridized carbons (Fsp3) is 0.529. The molecule has 0 saturated carbocycles. The van der Waals surface area contributed by atoms with Crippen molar-refractivity contribution in [1.29, 1.82) is 0 Å². The summed E-state index contributed by atoms with van der Waals surface area (Å²) in [5.41, 5.74) is 1.77. The number of hydrogen-bond donors (Lipinski definition) is 2. The standard InChI is InChI=1S/C34H41FN6O5S/c35-28-15-26(16-29-32(28)33(43)37-30(36-29)21-47-27-7-12-45-13-8-27)46-20-22-4-9-39(10-5-22)17-23-18-40(19-23)24-2-1-3-25(14-24)41-11-6-31(42)38-34(41)44/h1-3,14-16,22-23,27H,4-13,17-21H2,(H,36,37,43)(H,38,42,44). The number of carbonyl (C=O) groups is 2. The first-order valence-corrected chi connectivity index (χ1v) is 17.7. The fourth-order valence-corrected chi connectivity index (χ4v) is 7.97. The summed E-state index contributed by atoms with van der Waals surface area (Å²) >= 11 is 1.75. The van der Waals surface area contributed by atoms with Gasteiger partial charge in [0.25, 0.3) is 5.56 Å². The highest BCUT2D eigenvalue weighted by atomic mass is 32.2. The van der Waals surface area contributed by atoms with E-state index in [0.29, 0.717) is 59.5 Å². The predicted octanol–water partition coefficient (Wildman–Crippen LogP) is 4.15. The van der Waals surface area contributed by atoms with E-state index in [0.717, 1.165) is 83.0 Å². The summed E-state index contributed by atoms with van der Waals surface area (Å²) in [6, 6.07) is 10.6. The van der Waals surface area contributed by atoms with Crippen LogP contribution in [0.1, 0.15) is 37.9 Å². The molecule has 1 aromatic heterocycles. The number of halogens is 1. The number of rotatable bonds is 10. The quantitative estimate of drug-likeness (QED) is 0.330. The number of fused-ring (bicyclic) bond motifs is 1. The van der Waals surface area contributed by atoms with Gasteiger partial charge in [0, 0.05) is 80.5 Å². The number of hydrogen-bond acceptors (Lipinski definition) is 9. The molecular formula is C34H41FN6O5S. The first-order valence-electron chi connectivity index (χ1n) is 16.6. The summed E-state index contributed by atoms with van der Waals surface area (Å²) in [5, 5.41) is 2.83. The van der Waals surface area contributed by atoms with Gasteiger partial charge in [-0.15, -0.1) is 0 Å². The van der Waals surface area contributed by atoms with Crippen molar-refractivity contribution in [3.05, 3.63) is 58.4 Å². The fourth-order valence-electron chi connectivity index (χ4n) is 6.92. The third kappa shape index (κ3) is 7.57. The lowest BCUT2D eigenvalue weighted by atomic mass is 9.94. The molecule has 0 aliphatic carbocycles. The average molecular weight is 665 g/mol. The van der Waals surface area contributed by atoms with Gasteiger partial charge in [0.2, 0.25) is 5.91 Å². The van der Waals surface area contributed by atoms with Crippen LogP contribution >= 0.6 is 11.8 Å². The topological polar surface area (TPSA) is 120 Å². The van der Waals surface area contributed by atoms with Gasteiger partial charge in [-0.3, -0.25) is 19.8 Å². The Morgan fingerprint density at radius 1 is 0.979 bits per heavy atom. The molecule has 7 rings (SSSR count). The Kier molecular flexibility index (Phi) is 9.64. The zero-order valence-corrected chi connectivity index (χ0v) is 27.2. The largest absolute Gasteiger partial charge is 0.493 e. The summed E-state index contributed by atoms with van der Waals surface area (Å²) < 4.78 is 26.5. The Labute approximate surface area is 277 Å². The number of urea groups is 1. The Balaban J connectivity index is 0.863. The molecule has 5 heterocycles. The minimum atomic E-state index is -0.612. The molecule has 2 aromatic carbocycles. The highest BCUT2D eigenvalue weighted by Gasteiger charge is 2.31. The van der Waals surface area contributed by atoms with Gasteiger partial charge in [-0.25, -0.2) is 14.2 Å². The van der Waals surface area contributed by atoms with Crippen LogP contribution in [0.2, 0.25) is 0 Å². The third-order valence-corrected chi connectivity index (χ3v) is 11.0. The lowest BCUT2D eigenvalue weighted by Crippen LogP contribution is -2.53. The van der Waals surface area contributed by atoms with Crippen LogP contribution in [0.5, 0.6) is 5.75 Å². The Hall–Kier alpha value is -3.68. The van der Waals surface area contributed by atoms with E-state index in [1.807, 2.05) is 18.2 Å². The van der Waals surface area contributed by atoms with E-state index in [-0.39, 0.29) is 17.3 Å². The van der Waals surface area contributed by atoms with E-state index in [4.69, 9.17) is 9.47 Å². The van der Waals surface area contributed by atoms with Crippen LogP contribution < -0.4 is 25.4 Å². The number of likely N-dealkylation sites (tertiary alicyclic amines) is 1. The molecule has 3 aromatic rings. The Bertz CT molecular complexity index is 1670. The molecule has 0 bridgehead atoms. The number of imide groups is 1. The van der Waals surface area contributed by atoms with Gasteiger partial charge in [0.1, 0.15) is 22.8 Å². The van der Waals surface area contributed by atoms with Gasteiger partial charge >= 0.3 is 6.03 Å². The maximum absolute atomic E-state index is 15.0. The van der Waals surface area contributed by atoms with Gasteiger partial charge in [0.15, 0.2) is 0 Å². The second-order valence-electron chi connectivity index (χ2n) is 13.0. The number of H-pyrrole nitrogens is 1. The van der Waals surface area contributed by atoms with Crippen molar-refractivity contribution in [2.24, 2.45) is 11.8 Å². The van der Waals surface area contributed by atoms with Crippen LogP contribution in [0.25, 0.3) is 10.9 Å². The van der Waals surface area contributed by atoms with E-state index in [1.54, 1.807) is 22.7 Å². The smallest absolute Gasteiger partial charge is 0.328 e. The van der Waals surface area contributed by atoms with E-state index in [9.17, 15) is 18.8 Å². The number of nitrogens with zero attached hydrogens (tertiary/aromatic N) is 4. The molecule has 4 fully saturated rings. The zero-order chi connectivity index (χ0) is 32.3. The first kappa shape index (κ1) is 31.9. The average Bonchev–Trinajstić information content (AvgIpc) is 3.05. The van der Waals surface area contributed by atoms with E-state index in [1.165, 1.54) is 6.07 Å². The molecule has 4 saturated heterocycles. The SMILES string of the molecule is O=C1CCN(c2cccc(N3CC(CN4CCC(COc5cc(F)c6c(=O)[nH]c(CSC7CCOCC7)nc6c5)CC4)C3)c2)C(=O)N1. The second-order valence-corrected chi connectivity index (χ2v) is 14.3.